The quantitative estimate of drug-likeness (QED) is 0.571. The first-order valence-corrected chi connectivity index (χ1v) is 9.13. The Balaban J connectivity index is 1.76. The van der Waals surface area contributed by atoms with Crippen molar-refractivity contribution in [3.05, 3.63) is 74.3 Å². The van der Waals surface area contributed by atoms with Gasteiger partial charge in [-0.15, -0.1) is 0 Å². The fourth-order valence-corrected chi connectivity index (χ4v) is 3.21. The average molecular weight is 455 g/mol. The SMILES string of the molecule is COc1cccc(C(=O)Nc2nn(Cc3ccc(Cl)cc3Cl)cc2Br)c1. The van der Waals surface area contributed by atoms with Gasteiger partial charge in [0.2, 0.25) is 0 Å². The fraction of sp³-hybridized carbons (Fsp3) is 0.111. The third-order valence-corrected chi connectivity index (χ3v) is 4.80. The minimum atomic E-state index is -0.278. The number of benzene rings is 2. The normalized spacial score (nSPS) is 10.6. The van der Waals surface area contributed by atoms with Gasteiger partial charge in [0.1, 0.15) is 5.75 Å². The molecule has 0 spiro atoms. The zero-order chi connectivity index (χ0) is 18.7. The molecule has 1 heterocycles. The molecule has 5 nitrogen and oxygen atoms in total. The van der Waals surface area contributed by atoms with Crippen molar-refractivity contribution < 1.29 is 9.53 Å². The molecule has 3 rings (SSSR count). The van der Waals surface area contributed by atoms with E-state index in [0.29, 0.717) is 38.2 Å². The first kappa shape index (κ1) is 18.8. The van der Waals surface area contributed by atoms with Crippen LogP contribution in [-0.4, -0.2) is 22.8 Å². The number of methoxy groups -OCH3 is 1. The van der Waals surface area contributed by atoms with Gasteiger partial charge in [-0.25, -0.2) is 0 Å². The maximum atomic E-state index is 12.4. The molecular formula is C18H14BrCl2N3O2. The largest absolute Gasteiger partial charge is 0.497 e. The summed E-state index contributed by atoms with van der Waals surface area (Å²) in [5.41, 5.74) is 1.35. The van der Waals surface area contributed by atoms with Crippen LogP contribution in [0.3, 0.4) is 0 Å². The summed E-state index contributed by atoms with van der Waals surface area (Å²) in [4.78, 5) is 12.4. The Labute approximate surface area is 169 Å². The molecule has 26 heavy (non-hydrogen) atoms. The Bertz CT molecular complexity index is 959. The zero-order valence-corrected chi connectivity index (χ0v) is 16.8. The number of nitrogens with one attached hydrogen (secondary N) is 1. The van der Waals surface area contributed by atoms with E-state index in [2.05, 4.69) is 26.3 Å². The monoisotopic (exact) mass is 453 g/mol. The molecule has 1 aromatic heterocycles. The maximum Gasteiger partial charge on any atom is 0.257 e. The van der Waals surface area contributed by atoms with E-state index in [1.807, 2.05) is 6.07 Å². The van der Waals surface area contributed by atoms with E-state index in [1.165, 1.54) is 0 Å². The van der Waals surface area contributed by atoms with E-state index in [-0.39, 0.29) is 5.91 Å². The highest BCUT2D eigenvalue weighted by atomic mass is 79.9. The van der Waals surface area contributed by atoms with E-state index in [0.717, 1.165) is 5.56 Å². The van der Waals surface area contributed by atoms with E-state index >= 15 is 0 Å². The summed E-state index contributed by atoms with van der Waals surface area (Å²) in [6.45, 7) is 0.448. The second-order valence-corrected chi connectivity index (χ2v) is 7.14. The molecule has 0 unspecified atom stereocenters. The van der Waals surface area contributed by atoms with E-state index < -0.39 is 0 Å². The first-order valence-electron chi connectivity index (χ1n) is 7.58. The maximum absolute atomic E-state index is 12.4. The van der Waals surface area contributed by atoms with E-state index in [4.69, 9.17) is 27.9 Å². The smallest absolute Gasteiger partial charge is 0.257 e. The lowest BCUT2D eigenvalue weighted by Gasteiger charge is -2.06. The molecule has 0 radical (unpaired) electrons. The van der Waals surface area contributed by atoms with Crippen LogP contribution < -0.4 is 10.1 Å². The lowest BCUT2D eigenvalue weighted by atomic mass is 10.2. The number of amides is 1. The molecule has 0 bridgehead atoms. The van der Waals surface area contributed by atoms with Gasteiger partial charge in [-0.1, -0.05) is 35.3 Å². The highest BCUT2D eigenvalue weighted by molar-refractivity contribution is 9.10. The average Bonchev–Trinajstić information content (AvgIpc) is 2.96. The van der Waals surface area contributed by atoms with Crippen molar-refractivity contribution in [1.82, 2.24) is 9.78 Å². The van der Waals surface area contributed by atoms with E-state index in [1.54, 1.807) is 54.4 Å². The Morgan fingerprint density at radius 3 is 2.81 bits per heavy atom. The van der Waals surface area contributed by atoms with Crippen molar-refractivity contribution in [3.8, 4) is 5.75 Å². The Morgan fingerprint density at radius 2 is 2.08 bits per heavy atom. The number of rotatable bonds is 5. The molecule has 0 saturated heterocycles. The Hall–Kier alpha value is -2.02. The van der Waals surface area contributed by atoms with Crippen LogP contribution in [0, 0.1) is 0 Å². The molecule has 0 fully saturated rings. The van der Waals surface area contributed by atoms with Crippen molar-refractivity contribution in [3.63, 3.8) is 0 Å². The summed E-state index contributed by atoms with van der Waals surface area (Å²) in [6.07, 6.45) is 1.77. The fourth-order valence-electron chi connectivity index (χ4n) is 2.33. The van der Waals surface area contributed by atoms with Crippen LogP contribution in [0.1, 0.15) is 15.9 Å². The van der Waals surface area contributed by atoms with Gasteiger partial charge in [-0.05, 0) is 51.8 Å². The van der Waals surface area contributed by atoms with Gasteiger partial charge >= 0.3 is 0 Å². The first-order chi connectivity index (χ1) is 12.5. The van der Waals surface area contributed by atoms with Gasteiger partial charge < -0.3 is 10.1 Å². The third-order valence-electron chi connectivity index (χ3n) is 3.63. The van der Waals surface area contributed by atoms with Crippen LogP contribution >= 0.6 is 39.1 Å². The van der Waals surface area contributed by atoms with Crippen molar-refractivity contribution in [2.24, 2.45) is 0 Å². The number of anilines is 1. The summed E-state index contributed by atoms with van der Waals surface area (Å²) in [6, 6.07) is 12.2. The van der Waals surface area contributed by atoms with Crippen molar-refractivity contribution in [2.45, 2.75) is 6.54 Å². The van der Waals surface area contributed by atoms with Gasteiger partial charge in [-0.3, -0.25) is 9.48 Å². The van der Waals surface area contributed by atoms with Gasteiger partial charge in [0, 0.05) is 21.8 Å². The summed E-state index contributed by atoms with van der Waals surface area (Å²) >= 11 is 15.5. The molecule has 3 aromatic rings. The highest BCUT2D eigenvalue weighted by Gasteiger charge is 2.13. The molecule has 1 amide bonds. The minimum absolute atomic E-state index is 0.278. The standard InChI is InChI=1S/C18H14BrCl2N3O2/c1-26-14-4-2-3-11(7-14)18(25)22-17-15(19)10-24(23-17)9-12-5-6-13(20)8-16(12)21/h2-8,10H,9H2,1H3,(H,22,23,25). The van der Waals surface area contributed by atoms with Crippen molar-refractivity contribution in [2.75, 3.05) is 12.4 Å². The predicted octanol–water partition coefficient (Wildman–Crippen LogP) is 5.26. The lowest BCUT2D eigenvalue weighted by Crippen LogP contribution is -2.13. The number of carbonyl (C=O) groups is 1. The number of hydrogen-bond donors (Lipinski definition) is 1. The zero-order valence-electron chi connectivity index (χ0n) is 13.7. The van der Waals surface area contributed by atoms with Crippen LogP contribution in [0.2, 0.25) is 10.0 Å². The van der Waals surface area contributed by atoms with Gasteiger partial charge in [0.15, 0.2) is 5.82 Å². The van der Waals surface area contributed by atoms with Crippen LogP contribution in [-0.2, 0) is 6.54 Å². The van der Waals surface area contributed by atoms with Crippen molar-refractivity contribution in [1.29, 1.82) is 0 Å². The molecule has 8 heteroatoms. The van der Waals surface area contributed by atoms with Crippen LogP contribution in [0.15, 0.2) is 53.1 Å². The topological polar surface area (TPSA) is 56.1 Å². The molecule has 1 N–H and O–H groups in total. The van der Waals surface area contributed by atoms with E-state index in [9.17, 15) is 4.79 Å². The number of carbonyl (C=O) groups excluding carboxylic acids is 1. The summed E-state index contributed by atoms with van der Waals surface area (Å²) in [5, 5.41) is 8.31. The molecule has 0 atom stereocenters. The number of aromatic nitrogens is 2. The molecule has 0 aliphatic carbocycles. The molecule has 0 saturated carbocycles. The molecular weight excluding hydrogens is 441 g/mol. The number of hydrogen-bond acceptors (Lipinski definition) is 3. The lowest BCUT2D eigenvalue weighted by molar-refractivity contribution is 0.102. The predicted molar refractivity (Wildman–Crippen MR) is 106 cm³/mol. The number of halogens is 3. The molecule has 134 valence electrons. The van der Waals surface area contributed by atoms with Crippen molar-refractivity contribution >= 4 is 50.9 Å². The molecule has 0 aliphatic rings. The minimum Gasteiger partial charge on any atom is -0.497 e. The molecule has 0 aliphatic heterocycles. The van der Waals surface area contributed by atoms with Gasteiger partial charge in [0.05, 0.1) is 18.1 Å². The summed E-state index contributed by atoms with van der Waals surface area (Å²) in [5.74, 6) is 0.752. The Kier molecular flexibility index (Phi) is 5.86. The third kappa shape index (κ3) is 4.38. The van der Waals surface area contributed by atoms with Gasteiger partial charge in [0.25, 0.3) is 5.91 Å². The second-order valence-electron chi connectivity index (χ2n) is 5.45. The van der Waals surface area contributed by atoms with Gasteiger partial charge in [-0.2, -0.15) is 5.10 Å². The second kappa shape index (κ2) is 8.12. The highest BCUT2D eigenvalue weighted by Crippen LogP contribution is 2.25. The summed E-state index contributed by atoms with van der Waals surface area (Å²) < 4.78 is 7.48. The Morgan fingerprint density at radius 1 is 1.27 bits per heavy atom. The number of ether oxygens (including phenoxy) is 1. The number of nitrogens with zero attached hydrogens (tertiary/aromatic N) is 2. The van der Waals surface area contributed by atoms with Crippen LogP contribution in [0.4, 0.5) is 5.82 Å². The van der Waals surface area contributed by atoms with Crippen LogP contribution in [0.25, 0.3) is 0 Å². The molecule has 2 aromatic carbocycles. The summed E-state index contributed by atoms with van der Waals surface area (Å²) in [7, 11) is 1.55. The van der Waals surface area contributed by atoms with Crippen LogP contribution in [0.5, 0.6) is 5.75 Å².